The Morgan fingerprint density at radius 1 is 1.71 bits per heavy atom. The molecule has 0 aliphatic carbocycles. The molecule has 1 amide bonds. The molecule has 0 aromatic carbocycles. The Hall–Kier alpha value is -1.36. The minimum absolute atomic E-state index is 0.248. The minimum Gasteiger partial charge on any atom is -0.489 e. The van der Waals surface area contributed by atoms with Gasteiger partial charge in [0.25, 0.3) is 0 Å². The minimum atomic E-state index is -0.801. The number of fused-ring (bicyclic) bond motifs is 1. The standard InChI is InChI=1S/C12H13BrN2O2/c1-6(2)8-4-7-9(10(13)15-8)17-5-12(7,3)11(14)16/h4H,1,5H2,2-3H3,(H2,14,16)/t12-/m0/s1. The first-order chi connectivity index (χ1) is 7.86. The molecule has 0 radical (unpaired) electrons. The van der Waals surface area contributed by atoms with Crippen LogP contribution in [0.15, 0.2) is 17.2 Å². The van der Waals surface area contributed by atoms with Crippen LogP contribution in [-0.2, 0) is 10.2 Å². The molecule has 0 saturated carbocycles. The highest BCUT2D eigenvalue weighted by Gasteiger charge is 2.43. The van der Waals surface area contributed by atoms with Gasteiger partial charge in [0.2, 0.25) is 5.91 Å². The first-order valence-corrected chi connectivity index (χ1v) is 5.95. The van der Waals surface area contributed by atoms with E-state index in [1.165, 1.54) is 0 Å². The Morgan fingerprint density at radius 3 is 2.88 bits per heavy atom. The number of ether oxygens (including phenoxy) is 1. The van der Waals surface area contributed by atoms with Crippen LogP contribution in [-0.4, -0.2) is 17.5 Å². The molecule has 0 fully saturated rings. The van der Waals surface area contributed by atoms with E-state index in [1.807, 2.05) is 13.0 Å². The first-order valence-electron chi connectivity index (χ1n) is 5.16. The average molecular weight is 297 g/mol. The third-order valence-electron chi connectivity index (χ3n) is 3.01. The number of nitrogens with two attached hydrogens (primary N) is 1. The van der Waals surface area contributed by atoms with E-state index >= 15 is 0 Å². The number of pyridine rings is 1. The van der Waals surface area contributed by atoms with Crippen molar-refractivity contribution in [3.05, 3.63) is 28.5 Å². The fraction of sp³-hybridized carbons (Fsp3) is 0.333. The van der Waals surface area contributed by atoms with Crippen LogP contribution in [0.2, 0.25) is 0 Å². The number of amides is 1. The summed E-state index contributed by atoms with van der Waals surface area (Å²) in [5.41, 5.74) is 6.97. The summed E-state index contributed by atoms with van der Waals surface area (Å²) in [7, 11) is 0. The lowest BCUT2D eigenvalue weighted by atomic mass is 9.84. The predicted octanol–water partition coefficient (Wildman–Crippen LogP) is 2.01. The first kappa shape index (κ1) is 12.1. The topological polar surface area (TPSA) is 65.2 Å². The van der Waals surface area contributed by atoms with E-state index in [4.69, 9.17) is 10.5 Å². The highest BCUT2D eigenvalue weighted by molar-refractivity contribution is 9.10. The number of carbonyl (C=O) groups is 1. The molecular formula is C12H13BrN2O2. The maximum atomic E-state index is 11.6. The predicted molar refractivity (Wildman–Crippen MR) is 68.7 cm³/mol. The quantitative estimate of drug-likeness (QED) is 0.849. The van der Waals surface area contributed by atoms with E-state index in [9.17, 15) is 4.79 Å². The molecule has 1 atom stereocenters. The van der Waals surface area contributed by atoms with Gasteiger partial charge >= 0.3 is 0 Å². The van der Waals surface area contributed by atoms with E-state index in [1.54, 1.807) is 6.92 Å². The van der Waals surface area contributed by atoms with Gasteiger partial charge in [-0.25, -0.2) is 4.98 Å². The lowest BCUT2D eigenvalue weighted by Gasteiger charge is -2.18. The van der Waals surface area contributed by atoms with Crippen LogP contribution in [0.1, 0.15) is 25.1 Å². The zero-order valence-electron chi connectivity index (χ0n) is 9.71. The van der Waals surface area contributed by atoms with Crippen molar-refractivity contribution in [1.29, 1.82) is 0 Å². The highest BCUT2D eigenvalue weighted by Crippen LogP contribution is 2.43. The molecule has 0 bridgehead atoms. The van der Waals surface area contributed by atoms with Gasteiger partial charge in [-0.15, -0.1) is 0 Å². The van der Waals surface area contributed by atoms with Crippen LogP contribution < -0.4 is 10.5 Å². The number of halogens is 1. The third-order valence-corrected chi connectivity index (χ3v) is 3.55. The Bertz CT molecular complexity index is 527. The maximum Gasteiger partial charge on any atom is 0.231 e. The van der Waals surface area contributed by atoms with Gasteiger partial charge in [-0.2, -0.15) is 0 Å². The third kappa shape index (κ3) is 1.74. The van der Waals surface area contributed by atoms with Gasteiger partial charge in [0.05, 0.1) is 5.69 Å². The molecule has 17 heavy (non-hydrogen) atoms. The Kier molecular flexibility index (Phi) is 2.73. The van der Waals surface area contributed by atoms with E-state index in [0.29, 0.717) is 10.4 Å². The SMILES string of the molecule is C=C(C)c1cc2c(c(Br)n1)OC[C@]2(C)C(N)=O. The molecule has 2 heterocycles. The van der Waals surface area contributed by atoms with E-state index in [-0.39, 0.29) is 6.61 Å². The van der Waals surface area contributed by atoms with E-state index in [2.05, 4.69) is 27.5 Å². The van der Waals surface area contributed by atoms with Gasteiger partial charge in [0.15, 0.2) is 5.75 Å². The molecule has 0 saturated heterocycles. The number of aromatic nitrogens is 1. The Morgan fingerprint density at radius 2 is 2.35 bits per heavy atom. The number of rotatable bonds is 2. The summed E-state index contributed by atoms with van der Waals surface area (Å²) in [6.45, 7) is 7.73. The highest BCUT2D eigenvalue weighted by atomic mass is 79.9. The van der Waals surface area contributed by atoms with Crippen LogP contribution in [0.4, 0.5) is 0 Å². The zero-order chi connectivity index (χ0) is 12.8. The fourth-order valence-electron chi connectivity index (χ4n) is 1.77. The van der Waals surface area contributed by atoms with Gasteiger partial charge in [0.1, 0.15) is 16.6 Å². The van der Waals surface area contributed by atoms with Crippen molar-refractivity contribution < 1.29 is 9.53 Å². The number of carbonyl (C=O) groups excluding carboxylic acids is 1. The van der Waals surface area contributed by atoms with Crippen molar-refractivity contribution in [1.82, 2.24) is 4.98 Å². The van der Waals surface area contributed by atoms with Crippen molar-refractivity contribution >= 4 is 27.4 Å². The zero-order valence-corrected chi connectivity index (χ0v) is 11.3. The summed E-state index contributed by atoms with van der Waals surface area (Å²) >= 11 is 3.34. The van der Waals surface area contributed by atoms with Gasteiger partial charge < -0.3 is 10.5 Å². The van der Waals surface area contributed by atoms with Crippen LogP contribution >= 0.6 is 15.9 Å². The Labute approximate surface area is 108 Å². The second kappa shape index (κ2) is 3.84. The number of hydrogen-bond acceptors (Lipinski definition) is 3. The number of nitrogens with zero attached hydrogens (tertiary/aromatic N) is 1. The molecule has 1 aromatic heterocycles. The molecule has 1 aromatic rings. The number of hydrogen-bond donors (Lipinski definition) is 1. The van der Waals surface area contributed by atoms with E-state index < -0.39 is 11.3 Å². The van der Waals surface area contributed by atoms with E-state index in [0.717, 1.165) is 16.8 Å². The summed E-state index contributed by atoms with van der Waals surface area (Å²) in [5, 5.41) is 0. The van der Waals surface area contributed by atoms with Gasteiger partial charge in [-0.05, 0) is 41.4 Å². The second-order valence-electron chi connectivity index (χ2n) is 4.44. The average Bonchev–Trinajstić information content (AvgIpc) is 2.58. The van der Waals surface area contributed by atoms with Crippen LogP contribution in [0, 0.1) is 0 Å². The summed E-state index contributed by atoms with van der Waals surface area (Å²) < 4.78 is 6.08. The van der Waals surface area contributed by atoms with Crippen LogP contribution in [0.25, 0.3) is 5.57 Å². The molecule has 0 unspecified atom stereocenters. The molecule has 5 heteroatoms. The summed E-state index contributed by atoms with van der Waals surface area (Å²) in [4.78, 5) is 15.9. The maximum absolute atomic E-state index is 11.6. The van der Waals surface area contributed by atoms with Gasteiger partial charge in [-0.3, -0.25) is 4.79 Å². The van der Waals surface area contributed by atoms with Crippen molar-refractivity contribution in [3.63, 3.8) is 0 Å². The largest absolute Gasteiger partial charge is 0.489 e. The monoisotopic (exact) mass is 296 g/mol. The van der Waals surface area contributed by atoms with Gasteiger partial charge in [0, 0.05) is 5.56 Å². The normalized spacial score (nSPS) is 21.8. The van der Waals surface area contributed by atoms with Crippen molar-refractivity contribution in [2.75, 3.05) is 6.61 Å². The summed E-state index contributed by atoms with van der Waals surface area (Å²) in [5.74, 6) is 0.193. The number of allylic oxidation sites excluding steroid dienone is 1. The lowest BCUT2D eigenvalue weighted by molar-refractivity contribution is -0.123. The van der Waals surface area contributed by atoms with Crippen LogP contribution in [0.3, 0.4) is 0 Å². The summed E-state index contributed by atoms with van der Waals surface area (Å²) in [6.07, 6.45) is 0. The van der Waals surface area contributed by atoms with Crippen molar-refractivity contribution in [2.45, 2.75) is 19.3 Å². The molecule has 1 aliphatic heterocycles. The molecule has 2 N–H and O–H groups in total. The molecule has 2 rings (SSSR count). The smallest absolute Gasteiger partial charge is 0.231 e. The number of primary amides is 1. The van der Waals surface area contributed by atoms with Crippen LogP contribution in [0.5, 0.6) is 5.75 Å². The molecule has 90 valence electrons. The van der Waals surface area contributed by atoms with Crippen molar-refractivity contribution in [3.8, 4) is 5.75 Å². The fourth-order valence-corrected chi connectivity index (χ4v) is 2.29. The molecule has 0 spiro atoms. The lowest BCUT2D eigenvalue weighted by Crippen LogP contribution is -2.39. The second-order valence-corrected chi connectivity index (χ2v) is 5.19. The Balaban J connectivity index is 2.66. The van der Waals surface area contributed by atoms with Crippen molar-refractivity contribution in [2.24, 2.45) is 5.73 Å². The molecular weight excluding hydrogens is 284 g/mol. The molecule has 4 nitrogen and oxygen atoms in total. The summed E-state index contributed by atoms with van der Waals surface area (Å²) in [6, 6.07) is 1.82. The van der Waals surface area contributed by atoms with Gasteiger partial charge in [-0.1, -0.05) is 6.58 Å². The molecule has 1 aliphatic rings.